The minimum absolute atomic E-state index is 0.0433. The van der Waals surface area contributed by atoms with Gasteiger partial charge in [-0.25, -0.2) is 0 Å². The van der Waals surface area contributed by atoms with Crippen molar-refractivity contribution in [3.8, 4) is 0 Å². The van der Waals surface area contributed by atoms with Gasteiger partial charge in [-0.05, 0) is 17.4 Å². The molecule has 0 unspecified atom stereocenters. The number of likely N-dealkylation sites (tertiary alicyclic amines) is 1. The van der Waals surface area contributed by atoms with Gasteiger partial charge in [-0.1, -0.05) is 44.2 Å². The molecule has 1 aliphatic heterocycles. The Morgan fingerprint density at radius 3 is 2.53 bits per heavy atom. The summed E-state index contributed by atoms with van der Waals surface area (Å²) in [4.78, 5) is 14.1. The van der Waals surface area contributed by atoms with Crippen molar-refractivity contribution < 1.29 is 4.79 Å². The third-order valence-electron chi connectivity index (χ3n) is 3.41. The van der Waals surface area contributed by atoms with E-state index in [4.69, 9.17) is 5.73 Å². The van der Waals surface area contributed by atoms with Crippen LogP contribution in [0.5, 0.6) is 0 Å². The minimum Gasteiger partial charge on any atom is -0.340 e. The average molecular weight is 232 g/mol. The topological polar surface area (TPSA) is 46.3 Å². The summed E-state index contributed by atoms with van der Waals surface area (Å²) in [5.41, 5.74) is 7.13. The van der Waals surface area contributed by atoms with E-state index in [2.05, 4.69) is 13.8 Å². The molecule has 3 nitrogen and oxygen atoms in total. The monoisotopic (exact) mass is 232 g/mol. The van der Waals surface area contributed by atoms with Gasteiger partial charge in [-0.3, -0.25) is 4.79 Å². The van der Waals surface area contributed by atoms with Crippen LogP contribution in [-0.2, 0) is 4.79 Å². The Bertz CT molecular complexity index is 400. The molecule has 1 amide bonds. The number of nitrogens with two attached hydrogens (primary N) is 1. The summed E-state index contributed by atoms with van der Waals surface area (Å²) in [6.07, 6.45) is 1.06. The van der Waals surface area contributed by atoms with Gasteiger partial charge in [-0.15, -0.1) is 0 Å². The van der Waals surface area contributed by atoms with Crippen molar-refractivity contribution in [2.75, 3.05) is 13.1 Å². The van der Waals surface area contributed by atoms with Crippen molar-refractivity contribution in [2.45, 2.75) is 26.3 Å². The molecule has 1 aromatic rings. The van der Waals surface area contributed by atoms with E-state index in [0.29, 0.717) is 0 Å². The highest BCUT2D eigenvalue weighted by Gasteiger charge is 2.34. The van der Waals surface area contributed by atoms with Gasteiger partial charge in [-0.2, -0.15) is 0 Å². The molecule has 1 atom stereocenters. The molecule has 1 heterocycles. The van der Waals surface area contributed by atoms with Crippen LogP contribution < -0.4 is 5.73 Å². The normalized spacial score (nSPS) is 20.3. The minimum atomic E-state index is -0.523. The lowest BCUT2D eigenvalue weighted by Crippen LogP contribution is -2.37. The second-order valence-electron chi connectivity index (χ2n) is 5.56. The van der Waals surface area contributed by atoms with Crippen LogP contribution in [0.2, 0.25) is 0 Å². The fraction of sp³-hybridized carbons (Fsp3) is 0.500. The number of hydrogen-bond acceptors (Lipinski definition) is 2. The van der Waals surface area contributed by atoms with Crippen LogP contribution in [0.4, 0.5) is 0 Å². The molecule has 0 spiro atoms. The summed E-state index contributed by atoms with van der Waals surface area (Å²) in [6, 6.07) is 9.05. The van der Waals surface area contributed by atoms with E-state index in [1.54, 1.807) is 0 Å². The summed E-state index contributed by atoms with van der Waals surface area (Å²) in [6.45, 7) is 6.02. The molecule has 1 aliphatic rings. The van der Waals surface area contributed by atoms with E-state index in [1.807, 2.05) is 35.2 Å². The van der Waals surface area contributed by atoms with Crippen molar-refractivity contribution >= 4 is 5.91 Å². The Morgan fingerprint density at radius 2 is 2.00 bits per heavy atom. The number of carbonyl (C=O) groups is 1. The molecule has 2 N–H and O–H groups in total. The third-order valence-corrected chi connectivity index (χ3v) is 3.41. The zero-order valence-corrected chi connectivity index (χ0v) is 10.5. The first-order valence-electron chi connectivity index (χ1n) is 6.09. The van der Waals surface area contributed by atoms with Crippen molar-refractivity contribution in [2.24, 2.45) is 11.1 Å². The maximum atomic E-state index is 12.2. The molecule has 0 bridgehead atoms. The van der Waals surface area contributed by atoms with Crippen molar-refractivity contribution in [3.05, 3.63) is 35.9 Å². The standard InChI is InChI=1S/C14H20N2O/c1-14(2)8-9-16(10-14)13(17)12(15)11-6-4-3-5-7-11/h3-7,12H,8-10,15H2,1-2H3/t12-/m0/s1. The molecule has 1 aromatic carbocycles. The van der Waals surface area contributed by atoms with Crippen molar-refractivity contribution in [1.29, 1.82) is 0 Å². The molecule has 1 fully saturated rings. The number of benzene rings is 1. The third kappa shape index (κ3) is 2.67. The first kappa shape index (κ1) is 12.1. The average Bonchev–Trinajstić information content (AvgIpc) is 2.69. The summed E-state index contributed by atoms with van der Waals surface area (Å²) in [5, 5.41) is 0. The van der Waals surface area contributed by atoms with Crippen LogP contribution >= 0.6 is 0 Å². The number of amides is 1. The van der Waals surface area contributed by atoms with Crippen LogP contribution in [0, 0.1) is 5.41 Å². The fourth-order valence-electron chi connectivity index (χ4n) is 2.30. The van der Waals surface area contributed by atoms with E-state index in [-0.39, 0.29) is 11.3 Å². The number of rotatable bonds is 2. The van der Waals surface area contributed by atoms with Gasteiger partial charge >= 0.3 is 0 Å². The molecule has 92 valence electrons. The highest BCUT2D eigenvalue weighted by molar-refractivity contribution is 5.83. The highest BCUT2D eigenvalue weighted by atomic mass is 16.2. The molecular weight excluding hydrogens is 212 g/mol. The summed E-state index contributed by atoms with van der Waals surface area (Å²) in [7, 11) is 0. The fourth-order valence-corrected chi connectivity index (χ4v) is 2.30. The highest BCUT2D eigenvalue weighted by Crippen LogP contribution is 2.30. The molecule has 0 aliphatic carbocycles. The molecular formula is C14H20N2O. The largest absolute Gasteiger partial charge is 0.340 e. The Balaban J connectivity index is 2.06. The molecule has 0 aromatic heterocycles. The lowest BCUT2D eigenvalue weighted by Gasteiger charge is -2.23. The number of nitrogens with zero attached hydrogens (tertiary/aromatic N) is 1. The maximum absolute atomic E-state index is 12.2. The lowest BCUT2D eigenvalue weighted by molar-refractivity contribution is -0.132. The van der Waals surface area contributed by atoms with E-state index in [1.165, 1.54) is 0 Å². The Hall–Kier alpha value is -1.35. The SMILES string of the molecule is CC1(C)CCN(C(=O)[C@@H](N)c2ccccc2)C1. The Labute approximate surface area is 103 Å². The second-order valence-corrected chi connectivity index (χ2v) is 5.56. The quantitative estimate of drug-likeness (QED) is 0.847. The van der Waals surface area contributed by atoms with E-state index in [9.17, 15) is 4.79 Å². The molecule has 3 heteroatoms. The zero-order chi connectivity index (χ0) is 12.5. The van der Waals surface area contributed by atoms with Gasteiger partial charge in [0.25, 0.3) is 0 Å². The van der Waals surface area contributed by atoms with Gasteiger partial charge in [0, 0.05) is 13.1 Å². The molecule has 1 saturated heterocycles. The van der Waals surface area contributed by atoms with Gasteiger partial charge in [0.1, 0.15) is 6.04 Å². The summed E-state index contributed by atoms with van der Waals surface area (Å²) in [5.74, 6) is 0.0433. The van der Waals surface area contributed by atoms with Crippen molar-refractivity contribution in [1.82, 2.24) is 4.90 Å². The summed E-state index contributed by atoms with van der Waals surface area (Å²) < 4.78 is 0. The van der Waals surface area contributed by atoms with Crippen LogP contribution in [0.1, 0.15) is 31.9 Å². The Morgan fingerprint density at radius 1 is 1.35 bits per heavy atom. The smallest absolute Gasteiger partial charge is 0.244 e. The van der Waals surface area contributed by atoms with Crippen LogP contribution in [-0.4, -0.2) is 23.9 Å². The molecule has 0 radical (unpaired) electrons. The van der Waals surface area contributed by atoms with E-state index in [0.717, 1.165) is 25.1 Å². The van der Waals surface area contributed by atoms with Crippen LogP contribution in [0.15, 0.2) is 30.3 Å². The number of carbonyl (C=O) groups excluding carboxylic acids is 1. The lowest BCUT2D eigenvalue weighted by atomic mass is 9.93. The zero-order valence-electron chi connectivity index (χ0n) is 10.5. The van der Waals surface area contributed by atoms with Gasteiger partial charge < -0.3 is 10.6 Å². The predicted octanol–water partition coefficient (Wildman–Crippen LogP) is 1.94. The predicted molar refractivity (Wildman–Crippen MR) is 68.3 cm³/mol. The molecule has 2 rings (SSSR count). The second kappa shape index (κ2) is 4.49. The van der Waals surface area contributed by atoms with Crippen molar-refractivity contribution in [3.63, 3.8) is 0 Å². The number of hydrogen-bond donors (Lipinski definition) is 1. The van der Waals surface area contributed by atoms with Crippen LogP contribution in [0.25, 0.3) is 0 Å². The van der Waals surface area contributed by atoms with Crippen LogP contribution in [0.3, 0.4) is 0 Å². The molecule has 0 saturated carbocycles. The van der Waals surface area contributed by atoms with E-state index >= 15 is 0 Å². The van der Waals surface area contributed by atoms with E-state index < -0.39 is 6.04 Å². The van der Waals surface area contributed by atoms with Gasteiger partial charge in [0.15, 0.2) is 0 Å². The molecule has 17 heavy (non-hydrogen) atoms. The first-order valence-corrected chi connectivity index (χ1v) is 6.09. The summed E-state index contributed by atoms with van der Waals surface area (Å²) >= 11 is 0. The van der Waals surface area contributed by atoms with Gasteiger partial charge in [0.2, 0.25) is 5.91 Å². The Kier molecular flexibility index (Phi) is 3.20. The maximum Gasteiger partial charge on any atom is 0.244 e. The van der Waals surface area contributed by atoms with Gasteiger partial charge in [0.05, 0.1) is 0 Å². The first-order chi connectivity index (χ1) is 7.99.